The van der Waals surface area contributed by atoms with Crippen molar-refractivity contribution in [2.24, 2.45) is 11.7 Å². The number of aliphatic hydroxyl groups is 1. The van der Waals surface area contributed by atoms with Gasteiger partial charge in [-0.15, -0.1) is 0 Å². The van der Waals surface area contributed by atoms with Gasteiger partial charge in [-0.25, -0.2) is 0 Å². The highest BCUT2D eigenvalue weighted by Crippen LogP contribution is 2.25. The Morgan fingerprint density at radius 1 is 1.29 bits per heavy atom. The third-order valence-corrected chi connectivity index (χ3v) is 3.94. The van der Waals surface area contributed by atoms with Gasteiger partial charge in [-0.2, -0.15) is 0 Å². The molecule has 3 heteroatoms. The van der Waals surface area contributed by atoms with Crippen LogP contribution in [0.25, 0.3) is 0 Å². The van der Waals surface area contributed by atoms with Crippen molar-refractivity contribution in [3.8, 4) is 0 Å². The van der Waals surface area contributed by atoms with Gasteiger partial charge in [-0.1, -0.05) is 19.3 Å². The van der Waals surface area contributed by atoms with Crippen molar-refractivity contribution in [3.05, 3.63) is 0 Å². The van der Waals surface area contributed by atoms with E-state index in [1.807, 2.05) is 6.92 Å². The van der Waals surface area contributed by atoms with Crippen LogP contribution < -0.4 is 5.73 Å². The minimum Gasteiger partial charge on any atom is -0.394 e. The summed E-state index contributed by atoms with van der Waals surface area (Å²) in [7, 11) is 2.23. The van der Waals surface area contributed by atoms with Crippen LogP contribution in [0, 0.1) is 5.92 Å². The highest BCUT2D eigenvalue weighted by atomic mass is 16.3. The summed E-state index contributed by atoms with van der Waals surface area (Å²) in [6.07, 6.45) is 8.94. The third kappa shape index (κ3) is 6.39. The predicted molar refractivity (Wildman–Crippen MR) is 73.0 cm³/mol. The maximum atomic E-state index is 9.06. The predicted octanol–water partition coefficient (Wildman–Crippen LogP) is 1.99. The Balaban J connectivity index is 2.01. The minimum atomic E-state index is -0.385. The van der Waals surface area contributed by atoms with Crippen LogP contribution in [0.2, 0.25) is 0 Å². The highest BCUT2D eigenvalue weighted by Gasteiger charge is 2.18. The van der Waals surface area contributed by atoms with Crippen molar-refractivity contribution in [1.82, 2.24) is 4.90 Å². The molecule has 0 aromatic carbocycles. The quantitative estimate of drug-likeness (QED) is 0.640. The normalized spacial score (nSPS) is 21.0. The molecule has 1 aliphatic carbocycles. The van der Waals surface area contributed by atoms with Crippen LogP contribution in [0.5, 0.6) is 0 Å². The lowest BCUT2D eigenvalue weighted by atomic mass is 9.97. The molecule has 0 saturated heterocycles. The van der Waals surface area contributed by atoms with Gasteiger partial charge in [0, 0.05) is 12.1 Å². The molecule has 1 atom stereocenters. The fourth-order valence-electron chi connectivity index (χ4n) is 2.71. The minimum absolute atomic E-state index is 0.0882. The zero-order valence-electron chi connectivity index (χ0n) is 11.6. The average molecular weight is 242 g/mol. The molecule has 102 valence electrons. The average Bonchev–Trinajstić information content (AvgIpc) is 2.77. The van der Waals surface area contributed by atoms with Crippen LogP contribution in [0.4, 0.5) is 0 Å². The van der Waals surface area contributed by atoms with E-state index >= 15 is 0 Å². The van der Waals surface area contributed by atoms with Crippen LogP contribution in [-0.2, 0) is 0 Å². The molecule has 0 radical (unpaired) electrons. The summed E-state index contributed by atoms with van der Waals surface area (Å²) < 4.78 is 0. The monoisotopic (exact) mass is 242 g/mol. The summed E-state index contributed by atoms with van der Waals surface area (Å²) in [6, 6.07) is 0. The lowest BCUT2D eigenvalue weighted by Gasteiger charge is -2.23. The van der Waals surface area contributed by atoms with Gasteiger partial charge in [-0.3, -0.25) is 0 Å². The standard InChI is InChI=1S/C14H30N2O/c1-14(15,12-17)9-5-6-10-16(2)11-13-7-3-4-8-13/h13,17H,3-12,15H2,1-2H3. The second kappa shape index (κ2) is 7.34. The number of unbranched alkanes of at least 4 members (excludes halogenated alkanes) is 1. The zero-order valence-corrected chi connectivity index (χ0v) is 11.6. The molecule has 0 amide bonds. The Hall–Kier alpha value is -0.120. The number of rotatable bonds is 8. The largest absolute Gasteiger partial charge is 0.394 e. The van der Waals surface area contributed by atoms with Gasteiger partial charge >= 0.3 is 0 Å². The van der Waals surface area contributed by atoms with E-state index in [2.05, 4.69) is 11.9 Å². The van der Waals surface area contributed by atoms with Crippen molar-refractivity contribution in [2.75, 3.05) is 26.7 Å². The first kappa shape index (κ1) is 14.9. The Morgan fingerprint density at radius 2 is 1.94 bits per heavy atom. The second-order valence-electron chi connectivity index (χ2n) is 6.18. The van der Waals surface area contributed by atoms with E-state index in [0.717, 1.165) is 25.3 Å². The van der Waals surface area contributed by atoms with Gasteiger partial charge in [0.05, 0.1) is 6.61 Å². The van der Waals surface area contributed by atoms with Crippen LogP contribution >= 0.6 is 0 Å². The van der Waals surface area contributed by atoms with Crippen LogP contribution in [0.1, 0.15) is 51.9 Å². The molecule has 1 unspecified atom stereocenters. The van der Waals surface area contributed by atoms with Gasteiger partial charge in [-0.05, 0) is 52.1 Å². The fourth-order valence-corrected chi connectivity index (χ4v) is 2.71. The van der Waals surface area contributed by atoms with Gasteiger partial charge in [0.1, 0.15) is 0 Å². The first-order valence-electron chi connectivity index (χ1n) is 7.12. The molecule has 1 saturated carbocycles. The topological polar surface area (TPSA) is 49.5 Å². The molecule has 1 rings (SSSR count). The van der Waals surface area contributed by atoms with Crippen molar-refractivity contribution >= 4 is 0 Å². The van der Waals surface area contributed by atoms with E-state index in [-0.39, 0.29) is 12.1 Å². The second-order valence-corrected chi connectivity index (χ2v) is 6.18. The van der Waals surface area contributed by atoms with E-state index in [4.69, 9.17) is 10.8 Å². The molecule has 1 fully saturated rings. The van der Waals surface area contributed by atoms with Crippen molar-refractivity contribution in [1.29, 1.82) is 0 Å². The Morgan fingerprint density at radius 3 is 2.53 bits per heavy atom. The van der Waals surface area contributed by atoms with E-state index in [1.54, 1.807) is 0 Å². The van der Waals surface area contributed by atoms with Gasteiger partial charge in [0.2, 0.25) is 0 Å². The maximum Gasteiger partial charge on any atom is 0.0608 e. The van der Waals surface area contributed by atoms with E-state index in [0.29, 0.717) is 0 Å². The summed E-state index contributed by atoms with van der Waals surface area (Å²) in [4.78, 5) is 2.46. The van der Waals surface area contributed by atoms with E-state index in [1.165, 1.54) is 38.6 Å². The van der Waals surface area contributed by atoms with Gasteiger partial charge < -0.3 is 15.7 Å². The Kier molecular flexibility index (Phi) is 6.45. The molecular formula is C14H30N2O. The molecule has 0 spiro atoms. The molecule has 0 aromatic rings. The molecule has 1 aliphatic rings. The Labute approximate surface area is 106 Å². The van der Waals surface area contributed by atoms with Crippen LogP contribution in [0.15, 0.2) is 0 Å². The molecule has 0 bridgehead atoms. The molecule has 0 heterocycles. The molecule has 0 aliphatic heterocycles. The first-order chi connectivity index (χ1) is 8.03. The maximum absolute atomic E-state index is 9.06. The van der Waals surface area contributed by atoms with Crippen molar-refractivity contribution in [3.63, 3.8) is 0 Å². The SMILES string of the molecule is CN(CCCCC(C)(N)CO)CC1CCCC1. The van der Waals surface area contributed by atoms with Gasteiger partial charge in [0.15, 0.2) is 0 Å². The molecule has 0 aromatic heterocycles. The summed E-state index contributed by atoms with van der Waals surface area (Å²) >= 11 is 0. The smallest absolute Gasteiger partial charge is 0.0608 e. The fraction of sp³-hybridized carbons (Fsp3) is 1.00. The van der Waals surface area contributed by atoms with E-state index < -0.39 is 0 Å². The molecule has 17 heavy (non-hydrogen) atoms. The number of hydrogen-bond acceptors (Lipinski definition) is 3. The highest BCUT2D eigenvalue weighted by molar-refractivity contribution is 4.77. The van der Waals surface area contributed by atoms with Crippen molar-refractivity contribution < 1.29 is 5.11 Å². The summed E-state index contributed by atoms with van der Waals surface area (Å²) in [5.74, 6) is 0.942. The molecule has 3 nitrogen and oxygen atoms in total. The number of aliphatic hydroxyl groups excluding tert-OH is 1. The van der Waals surface area contributed by atoms with Crippen LogP contribution in [0.3, 0.4) is 0 Å². The van der Waals surface area contributed by atoms with Crippen LogP contribution in [-0.4, -0.2) is 42.3 Å². The molecule has 3 N–H and O–H groups in total. The van der Waals surface area contributed by atoms with Gasteiger partial charge in [0.25, 0.3) is 0 Å². The summed E-state index contributed by atoms with van der Waals surface area (Å²) in [6.45, 7) is 4.44. The number of nitrogens with zero attached hydrogens (tertiary/aromatic N) is 1. The first-order valence-corrected chi connectivity index (χ1v) is 7.12. The zero-order chi connectivity index (χ0) is 12.7. The van der Waals surface area contributed by atoms with E-state index in [9.17, 15) is 0 Å². The Bertz CT molecular complexity index is 200. The lowest BCUT2D eigenvalue weighted by Crippen LogP contribution is -2.40. The number of hydrogen-bond donors (Lipinski definition) is 2. The summed E-state index contributed by atoms with van der Waals surface area (Å²) in [5.41, 5.74) is 5.52. The summed E-state index contributed by atoms with van der Waals surface area (Å²) in [5, 5.41) is 9.06. The lowest BCUT2D eigenvalue weighted by molar-refractivity contribution is 0.194. The van der Waals surface area contributed by atoms with Crippen molar-refractivity contribution in [2.45, 2.75) is 57.4 Å². The third-order valence-electron chi connectivity index (χ3n) is 3.94. The number of nitrogens with two attached hydrogens (primary N) is 1. The molecular weight excluding hydrogens is 212 g/mol.